The normalized spacial score (nSPS) is 12.2. The predicted molar refractivity (Wildman–Crippen MR) is 344 cm³/mol. The van der Waals surface area contributed by atoms with Crippen LogP contribution in [0, 0.1) is 0 Å². The standard InChI is InChI=1S/C73H136O6/c1-4-7-10-13-16-19-22-25-28-31-33-34-35-36-37-38-39-41-42-45-48-51-54-57-60-63-66-72(75)78-69-70(68-77-71(74)65-62-59-56-53-50-47-44-30-27-24-21-18-15-12-9-6-3)79-73(76)67-64-61-58-55-52-49-46-43-40-32-29-26-23-20-17-14-11-8-5-2/h17,20,26,29-30,44,70H,4-16,18-19,21-25,27-28,31-43,45-69H2,1-3H3/b20-17-,29-26-,44-30-. The van der Waals surface area contributed by atoms with Crippen LogP contribution in [0.4, 0.5) is 0 Å². The van der Waals surface area contributed by atoms with Gasteiger partial charge in [0.25, 0.3) is 0 Å². The second-order valence-electron chi connectivity index (χ2n) is 24.1. The smallest absolute Gasteiger partial charge is 0.306 e. The first kappa shape index (κ1) is 76.6. The molecule has 0 aromatic carbocycles. The summed E-state index contributed by atoms with van der Waals surface area (Å²) in [6.45, 7) is 6.68. The molecule has 0 bridgehead atoms. The first-order valence-corrected chi connectivity index (χ1v) is 35.5. The van der Waals surface area contributed by atoms with Gasteiger partial charge in [-0.1, -0.05) is 333 Å². The molecule has 0 rings (SSSR count). The Morgan fingerprint density at radius 3 is 0.734 bits per heavy atom. The van der Waals surface area contributed by atoms with E-state index in [1.807, 2.05) is 0 Å². The fraction of sp³-hybridized carbons (Fsp3) is 0.877. The molecule has 0 radical (unpaired) electrons. The quantitative estimate of drug-likeness (QED) is 0.0261. The molecule has 1 unspecified atom stereocenters. The van der Waals surface area contributed by atoms with Gasteiger partial charge in [-0.25, -0.2) is 0 Å². The van der Waals surface area contributed by atoms with Crippen molar-refractivity contribution in [1.82, 2.24) is 0 Å². The van der Waals surface area contributed by atoms with Gasteiger partial charge in [-0.05, 0) is 77.0 Å². The maximum Gasteiger partial charge on any atom is 0.306 e. The van der Waals surface area contributed by atoms with Crippen LogP contribution in [0.3, 0.4) is 0 Å². The second kappa shape index (κ2) is 68.1. The predicted octanol–water partition coefficient (Wildman–Crippen LogP) is 24.3. The molecule has 464 valence electrons. The van der Waals surface area contributed by atoms with Crippen LogP contribution in [0.5, 0.6) is 0 Å². The van der Waals surface area contributed by atoms with Gasteiger partial charge in [0.1, 0.15) is 13.2 Å². The summed E-state index contributed by atoms with van der Waals surface area (Å²) < 4.78 is 17.0. The van der Waals surface area contributed by atoms with Crippen LogP contribution in [0.25, 0.3) is 0 Å². The van der Waals surface area contributed by atoms with Crippen LogP contribution in [0.1, 0.15) is 393 Å². The monoisotopic (exact) mass is 1110 g/mol. The molecule has 6 nitrogen and oxygen atoms in total. The average molecular weight is 1110 g/mol. The molecule has 0 fully saturated rings. The minimum absolute atomic E-state index is 0.0718. The van der Waals surface area contributed by atoms with Crippen molar-refractivity contribution in [2.75, 3.05) is 13.2 Å². The second-order valence-corrected chi connectivity index (χ2v) is 24.1. The lowest BCUT2D eigenvalue weighted by Crippen LogP contribution is -2.30. The highest BCUT2D eigenvalue weighted by molar-refractivity contribution is 5.71. The number of hydrogen-bond acceptors (Lipinski definition) is 6. The third-order valence-electron chi connectivity index (χ3n) is 16.1. The molecular weight excluding hydrogens is 973 g/mol. The Morgan fingerprint density at radius 2 is 0.456 bits per heavy atom. The van der Waals surface area contributed by atoms with Crippen LogP contribution in [0.15, 0.2) is 36.5 Å². The fourth-order valence-corrected chi connectivity index (χ4v) is 10.8. The highest BCUT2D eigenvalue weighted by Gasteiger charge is 2.19. The van der Waals surface area contributed by atoms with E-state index in [-0.39, 0.29) is 31.1 Å². The third-order valence-corrected chi connectivity index (χ3v) is 16.1. The van der Waals surface area contributed by atoms with E-state index in [4.69, 9.17) is 14.2 Å². The number of ether oxygens (including phenoxy) is 3. The van der Waals surface area contributed by atoms with E-state index >= 15 is 0 Å². The summed E-state index contributed by atoms with van der Waals surface area (Å²) in [5.41, 5.74) is 0. The molecule has 0 heterocycles. The molecule has 0 aliphatic carbocycles. The summed E-state index contributed by atoms with van der Waals surface area (Å²) in [4.78, 5) is 38.4. The molecule has 0 N–H and O–H groups in total. The van der Waals surface area contributed by atoms with Crippen LogP contribution in [-0.4, -0.2) is 37.2 Å². The Bertz CT molecular complexity index is 1320. The molecule has 0 saturated carbocycles. The number of esters is 3. The molecule has 0 saturated heterocycles. The molecule has 0 spiro atoms. The summed E-state index contributed by atoms with van der Waals surface area (Å²) in [6.07, 6.45) is 84.6. The van der Waals surface area contributed by atoms with Crippen molar-refractivity contribution < 1.29 is 28.6 Å². The average Bonchev–Trinajstić information content (AvgIpc) is 3.45. The zero-order valence-electron chi connectivity index (χ0n) is 53.4. The first-order valence-electron chi connectivity index (χ1n) is 35.5. The number of rotatable bonds is 66. The van der Waals surface area contributed by atoms with E-state index in [2.05, 4.69) is 57.2 Å². The molecule has 0 aliphatic rings. The summed E-state index contributed by atoms with van der Waals surface area (Å²) in [6, 6.07) is 0. The Morgan fingerprint density at radius 1 is 0.253 bits per heavy atom. The molecule has 79 heavy (non-hydrogen) atoms. The van der Waals surface area contributed by atoms with Gasteiger partial charge in [0, 0.05) is 19.3 Å². The van der Waals surface area contributed by atoms with Gasteiger partial charge < -0.3 is 14.2 Å². The molecule has 6 heteroatoms. The summed E-state index contributed by atoms with van der Waals surface area (Å²) in [5, 5.41) is 0. The van der Waals surface area contributed by atoms with E-state index < -0.39 is 6.10 Å². The number of carbonyl (C=O) groups excluding carboxylic acids is 3. The molecule has 0 aliphatic heterocycles. The number of carbonyl (C=O) groups is 3. The van der Waals surface area contributed by atoms with Crippen molar-refractivity contribution in [3.05, 3.63) is 36.5 Å². The molecule has 0 aromatic rings. The van der Waals surface area contributed by atoms with Crippen molar-refractivity contribution in [3.8, 4) is 0 Å². The van der Waals surface area contributed by atoms with Crippen molar-refractivity contribution >= 4 is 17.9 Å². The van der Waals surface area contributed by atoms with E-state index in [0.717, 1.165) is 70.6 Å². The highest BCUT2D eigenvalue weighted by Crippen LogP contribution is 2.18. The van der Waals surface area contributed by atoms with Gasteiger partial charge in [-0.15, -0.1) is 0 Å². The lowest BCUT2D eigenvalue weighted by molar-refractivity contribution is -0.167. The largest absolute Gasteiger partial charge is 0.462 e. The minimum atomic E-state index is -0.777. The Labute approximate surface area is 493 Å². The zero-order chi connectivity index (χ0) is 57.1. The van der Waals surface area contributed by atoms with Crippen molar-refractivity contribution in [1.29, 1.82) is 0 Å². The number of unbranched alkanes of at least 4 members (excludes halogenated alkanes) is 49. The van der Waals surface area contributed by atoms with Gasteiger partial charge in [0.15, 0.2) is 6.10 Å². The van der Waals surface area contributed by atoms with Gasteiger partial charge >= 0.3 is 17.9 Å². The van der Waals surface area contributed by atoms with E-state index in [9.17, 15) is 14.4 Å². The summed E-state index contributed by atoms with van der Waals surface area (Å²) in [5.74, 6) is -0.856. The van der Waals surface area contributed by atoms with E-state index in [0.29, 0.717) is 19.3 Å². The lowest BCUT2D eigenvalue weighted by atomic mass is 10.0. The van der Waals surface area contributed by atoms with Crippen LogP contribution in [-0.2, 0) is 28.6 Å². The summed E-state index contributed by atoms with van der Waals surface area (Å²) >= 11 is 0. The van der Waals surface area contributed by atoms with Crippen molar-refractivity contribution in [2.45, 2.75) is 399 Å². The number of allylic oxidation sites excluding steroid dienone is 6. The van der Waals surface area contributed by atoms with E-state index in [1.165, 1.54) is 283 Å². The molecular formula is C73H136O6. The maximum atomic E-state index is 12.9. The third kappa shape index (κ3) is 66.3. The topological polar surface area (TPSA) is 78.9 Å². The SMILES string of the molecule is CCCCC/C=C\C/C=C\CCCCCCCCCCCC(=O)OC(COC(=O)CCCCCCC/C=C\CCCCCCCCC)COC(=O)CCCCCCCCCCCCCCCCCCCCCCCCCCCC. The van der Waals surface area contributed by atoms with Crippen molar-refractivity contribution in [3.63, 3.8) is 0 Å². The zero-order valence-corrected chi connectivity index (χ0v) is 53.4. The summed E-state index contributed by atoms with van der Waals surface area (Å²) in [7, 11) is 0. The van der Waals surface area contributed by atoms with Gasteiger partial charge in [0.2, 0.25) is 0 Å². The van der Waals surface area contributed by atoms with Gasteiger partial charge in [-0.2, -0.15) is 0 Å². The minimum Gasteiger partial charge on any atom is -0.462 e. The Balaban J connectivity index is 4.26. The fourth-order valence-electron chi connectivity index (χ4n) is 10.8. The van der Waals surface area contributed by atoms with Crippen molar-refractivity contribution in [2.24, 2.45) is 0 Å². The first-order chi connectivity index (χ1) is 39.0. The molecule has 0 amide bonds. The maximum absolute atomic E-state index is 12.9. The van der Waals surface area contributed by atoms with Gasteiger partial charge in [-0.3, -0.25) is 14.4 Å². The van der Waals surface area contributed by atoms with Gasteiger partial charge in [0.05, 0.1) is 0 Å². The molecule has 0 aromatic heterocycles. The Kier molecular flexibility index (Phi) is 66.1. The van der Waals surface area contributed by atoms with E-state index in [1.54, 1.807) is 0 Å². The van der Waals surface area contributed by atoms with Crippen LogP contribution < -0.4 is 0 Å². The lowest BCUT2D eigenvalue weighted by Gasteiger charge is -2.18. The number of hydrogen-bond donors (Lipinski definition) is 0. The Hall–Kier alpha value is -2.37. The highest BCUT2D eigenvalue weighted by atomic mass is 16.6. The molecule has 1 atom stereocenters. The van der Waals surface area contributed by atoms with Crippen LogP contribution >= 0.6 is 0 Å². The van der Waals surface area contributed by atoms with Crippen LogP contribution in [0.2, 0.25) is 0 Å².